The third-order valence-corrected chi connectivity index (χ3v) is 6.63. The molecule has 1 aliphatic rings. The SMILES string of the molecule is CC(=O)C1=NNC(=O)C1=CC=CC=Cc1c(C(C)=O)[nH]n(-c2cc(S(=O)(=O)O)ccc2S(=O)(=O)O)c1=O. The number of hydrazone groups is 1. The van der Waals surface area contributed by atoms with Crippen molar-refractivity contribution >= 4 is 49.5 Å². The fraction of sp³-hybridized carbons (Fsp3) is 0.0952. The summed E-state index contributed by atoms with van der Waals surface area (Å²) in [5.74, 6) is -1.67. The van der Waals surface area contributed by atoms with Gasteiger partial charge in [0.1, 0.15) is 16.3 Å². The van der Waals surface area contributed by atoms with Crippen molar-refractivity contribution in [1.29, 1.82) is 0 Å². The van der Waals surface area contributed by atoms with Crippen LogP contribution in [0.3, 0.4) is 0 Å². The van der Waals surface area contributed by atoms with Gasteiger partial charge in [-0.15, -0.1) is 0 Å². The Bertz CT molecular complexity index is 1740. The van der Waals surface area contributed by atoms with Crippen molar-refractivity contribution in [3.8, 4) is 5.69 Å². The summed E-state index contributed by atoms with van der Waals surface area (Å²) in [6, 6.07) is 1.99. The van der Waals surface area contributed by atoms with Crippen LogP contribution in [0.4, 0.5) is 0 Å². The van der Waals surface area contributed by atoms with Gasteiger partial charge in [0, 0.05) is 13.8 Å². The average Bonchev–Trinajstić information content (AvgIpc) is 3.32. The highest BCUT2D eigenvalue weighted by molar-refractivity contribution is 7.86. The molecule has 0 bridgehead atoms. The lowest BCUT2D eigenvalue weighted by Crippen LogP contribution is -2.19. The van der Waals surface area contributed by atoms with Gasteiger partial charge in [-0.2, -0.15) is 21.9 Å². The van der Waals surface area contributed by atoms with Crippen LogP contribution in [0.1, 0.15) is 29.9 Å². The first kappa shape index (κ1) is 27.3. The van der Waals surface area contributed by atoms with Gasteiger partial charge >= 0.3 is 0 Å². The molecule has 0 saturated heterocycles. The highest BCUT2D eigenvalue weighted by Gasteiger charge is 2.26. The number of aromatic amines is 1. The van der Waals surface area contributed by atoms with E-state index in [1.807, 2.05) is 0 Å². The summed E-state index contributed by atoms with van der Waals surface area (Å²) in [5.41, 5.74) is -0.104. The number of Topliss-reactive ketones (excluding diaryl/α,β-unsaturated/α-hetero) is 2. The van der Waals surface area contributed by atoms with E-state index in [0.29, 0.717) is 22.9 Å². The minimum atomic E-state index is -4.98. The van der Waals surface area contributed by atoms with Gasteiger partial charge in [-0.3, -0.25) is 33.4 Å². The Labute approximate surface area is 209 Å². The number of nitrogens with zero attached hydrogens (tertiary/aromatic N) is 2. The molecule has 1 aromatic carbocycles. The number of amides is 1. The predicted octanol–water partition coefficient (Wildman–Crippen LogP) is 0.432. The molecule has 0 atom stereocenters. The summed E-state index contributed by atoms with van der Waals surface area (Å²) in [6.45, 7) is 2.34. The van der Waals surface area contributed by atoms with Crippen molar-refractivity contribution < 1.29 is 40.3 Å². The summed E-state index contributed by atoms with van der Waals surface area (Å²) in [7, 11) is -9.80. The quantitative estimate of drug-likeness (QED) is 0.153. The maximum atomic E-state index is 13.1. The zero-order valence-electron chi connectivity index (χ0n) is 19.0. The summed E-state index contributed by atoms with van der Waals surface area (Å²) in [6.07, 6.45) is 6.50. The molecule has 0 radical (unpaired) electrons. The van der Waals surface area contributed by atoms with Gasteiger partial charge in [0.05, 0.1) is 21.7 Å². The van der Waals surface area contributed by atoms with Gasteiger partial charge in [-0.05, 0) is 30.4 Å². The fourth-order valence-corrected chi connectivity index (χ4v) is 4.37. The van der Waals surface area contributed by atoms with Crippen LogP contribution in [0.25, 0.3) is 11.8 Å². The van der Waals surface area contributed by atoms with Gasteiger partial charge in [0.25, 0.3) is 31.7 Å². The molecule has 3 rings (SSSR count). The molecule has 0 unspecified atom stereocenters. The molecule has 2 aromatic rings. The van der Waals surface area contributed by atoms with E-state index in [0.717, 1.165) is 6.92 Å². The number of benzene rings is 1. The van der Waals surface area contributed by atoms with Crippen molar-refractivity contribution in [2.24, 2.45) is 5.10 Å². The molecule has 37 heavy (non-hydrogen) atoms. The summed E-state index contributed by atoms with van der Waals surface area (Å²) in [4.78, 5) is 46.8. The van der Waals surface area contributed by atoms with E-state index in [4.69, 9.17) is 0 Å². The second-order valence-electron chi connectivity index (χ2n) is 7.46. The van der Waals surface area contributed by atoms with Crippen LogP contribution in [0.15, 0.2) is 67.8 Å². The number of aromatic nitrogens is 2. The maximum Gasteiger partial charge on any atom is 0.296 e. The third-order valence-electron chi connectivity index (χ3n) is 4.88. The molecule has 2 heterocycles. The second-order valence-corrected chi connectivity index (χ2v) is 10.3. The molecule has 0 spiro atoms. The largest absolute Gasteiger partial charge is 0.296 e. The van der Waals surface area contributed by atoms with Crippen LogP contribution in [0.5, 0.6) is 0 Å². The van der Waals surface area contributed by atoms with Gasteiger partial charge in [-0.1, -0.05) is 18.2 Å². The van der Waals surface area contributed by atoms with Crippen LogP contribution in [-0.2, 0) is 29.8 Å². The number of carbonyl (C=O) groups excluding carboxylic acids is 3. The predicted molar refractivity (Wildman–Crippen MR) is 129 cm³/mol. The van der Waals surface area contributed by atoms with Crippen LogP contribution in [-0.4, -0.2) is 58.9 Å². The Morgan fingerprint density at radius 1 is 0.973 bits per heavy atom. The van der Waals surface area contributed by atoms with Gasteiger partial charge in [0.15, 0.2) is 11.6 Å². The third kappa shape index (κ3) is 5.78. The van der Waals surface area contributed by atoms with E-state index < -0.39 is 58.7 Å². The lowest BCUT2D eigenvalue weighted by Gasteiger charge is -2.09. The molecular formula is C21H18N4O10S2. The number of allylic oxidation sites excluding steroid dienone is 4. The molecule has 0 saturated carbocycles. The van der Waals surface area contributed by atoms with E-state index in [-0.39, 0.29) is 22.5 Å². The zero-order valence-corrected chi connectivity index (χ0v) is 20.6. The smallest absolute Gasteiger partial charge is 0.293 e. The molecule has 0 fully saturated rings. The number of hydrogen-bond acceptors (Lipinski definition) is 9. The molecule has 1 aliphatic heterocycles. The number of hydrogen-bond donors (Lipinski definition) is 4. The second kappa shape index (κ2) is 10.0. The van der Waals surface area contributed by atoms with E-state index in [1.165, 1.54) is 37.3 Å². The van der Waals surface area contributed by atoms with E-state index in [2.05, 4.69) is 15.6 Å². The molecule has 0 aliphatic carbocycles. The van der Waals surface area contributed by atoms with Crippen LogP contribution < -0.4 is 11.0 Å². The Kier molecular flexibility index (Phi) is 7.40. The number of rotatable bonds is 8. The van der Waals surface area contributed by atoms with Crippen LogP contribution in [0, 0.1) is 0 Å². The van der Waals surface area contributed by atoms with Crippen molar-refractivity contribution in [3.05, 3.63) is 69.7 Å². The summed E-state index contributed by atoms with van der Waals surface area (Å²) < 4.78 is 66.1. The molecule has 194 valence electrons. The van der Waals surface area contributed by atoms with Gasteiger partial charge < -0.3 is 0 Å². The van der Waals surface area contributed by atoms with Crippen molar-refractivity contribution in [1.82, 2.24) is 15.2 Å². The standard InChI is InChI=1S/C21H18N4O10S2/c1-11(26)18-14(20(28)23-22-18)6-4-3-5-7-15-19(12(2)27)24-25(21(15)29)16-10-13(36(30,31)32)8-9-17(16)37(33,34)35/h3-10,24H,1-2H3,(H,23,28)(H,30,31,32)(H,33,34,35). The number of nitrogens with one attached hydrogen (secondary N) is 2. The Morgan fingerprint density at radius 3 is 2.22 bits per heavy atom. The van der Waals surface area contributed by atoms with E-state index in [9.17, 15) is 45.1 Å². The highest BCUT2D eigenvalue weighted by Crippen LogP contribution is 2.23. The van der Waals surface area contributed by atoms with Crippen LogP contribution >= 0.6 is 0 Å². The minimum Gasteiger partial charge on any atom is -0.293 e. The number of ketones is 2. The Morgan fingerprint density at radius 2 is 1.65 bits per heavy atom. The minimum absolute atomic E-state index is 0.0158. The van der Waals surface area contributed by atoms with Crippen LogP contribution in [0.2, 0.25) is 0 Å². The average molecular weight is 551 g/mol. The van der Waals surface area contributed by atoms with Gasteiger partial charge in [-0.25, -0.2) is 10.1 Å². The molecule has 16 heteroatoms. The van der Waals surface area contributed by atoms with Gasteiger partial charge in [0.2, 0.25) is 0 Å². The highest BCUT2D eigenvalue weighted by atomic mass is 32.2. The lowest BCUT2D eigenvalue weighted by molar-refractivity contribution is -0.116. The first-order chi connectivity index (χ1) is 17.1. The van der Waals surface area contributed by atoms with E-state index in [1.54, 1.807) is 0 Å². The monoisotopic (exact) mass is 550 g/mol. The molecule has 1 amide bonds. The van der Waals surface area contributed by atoms with Crippen molar-refractivity contribution in [3.63, 3.8) is 0 Å². The van der Waals surface area contributed by atoms with Crippen molar-refractivity contribution in [2.45, 2.75) is 23.6 Å². The summed E-state index contributed by atoms with van der Waals surface area (Å²) in [5, 5.41) is 5.99. The first-order valence-electron chi connectivity index (χ1n) is 10.0. The number of carbonyl (C=O) groups is 3. The maximum absolute atomic E-state index is 13.1. The zero-order chi connectivity index (χ0) is 27.7. The van der Waals surface area contributed by atoms with E-state index >= 15 is 0 Å². The molecule has 4 N–H and O–H groups in total. The fourth-order valence-electron chi connectivity index (χ4n) is 3.22. The molecule has 14 nitrogen and oxygen atoms in total. The normalized spacial score (nSPS) is 15.5. The van der Waals surface area contributed by atoms with Crippen molar-refractivity contribution in [2.75, 3.05) is 0 Å². The summed E-state index contributed by atoms with van der Waals surface area (Å²) >= 11 is 0. The topological polar surface area (TPSA) is 222 Å². The lowest BCUT2D eigenvalue weighted by atomic mass is 10.1. The Hall–Kier alpha value is -4.25. The molecule has 1 aromatic heterocycles. The Balaban J connectivity index is 2.09. The molecular weight excluding hydrogens is 532 g/mol. The number of H-pyrrole nitrogens is 1. The first-order valence-corrected chi connectivity index (χ1v) is 12.9.